The van der Waals surface area contributed by atoms with Crippen molar-refractivity contribution in [1.29, 1.82) is 0 Å². The van der Waals surface area contributed by atoms with Gasteiger partial charge in [-0.15, -0.1) is 0 Å². The number of hydrogen-bond donors (Lipinski definition) is 1. The van der Waals surface area contributed by atoms with Crippen LogP contribution in [0.1, 0.15) is 42.5 Å². The van der Waals surface area contributed by atoms with Crippen molar-refractivity contribution in [3.05, 3.63) is 65.0 Å². The molecule has 5 nitrogen and oxygen atoms in total. The molecule has 1 atom stereocenters. The first-order valence-electron chi connectivity index (χ1n) is 9.81. The molecule has 2 aromatic rings. The van der Waals surface area contributed by atoms with Crippen molar-refractivity contribution in [2.24, 2.45) is 5.92 Å². The summed E-state index contributed by atoms with van der Waals surface area (Å²) >= 11 is 0. The number of nitrogens with zero attached hydrogens (tertiary/aromatic N) is 1. The van der Waals surface area contributed by atoms with Gasteiger partial charge in [-0.05, 0) is 69.0 Å². The Balaban J connectivity index is 1.60. The molecule has 1 saturated heterocycles. The number of sulfonamides is 1. The molecule has 0 unspecified atom stereocenters. The van der Waals surface area contributed by atoms with E-state index in [9.17, 15) is 17.6 Å². The summed E-state index contributed by atoms with van der Waals surface area (Å²) in [5.74, 6) is -0.739. The van der Waals surface area contributed by atoms with Crippen molar-refractivity contribution >= 4 is 15.9 Å². The van der Waals surface area contributed by atoms with Gasteiger partial charge in [-0.25, -0.2) is 12.8 Å². The Bertz CT molecular complexity index is 982. The van der Waals surface area contributed by atoms with E-state index < -0.39 is 15.8 Å². The van der Waals surface area contributed by atoms with Crippen molar-refractivity contribution in [2.45, 2.75) is 44.6 Å². The molecular weight excluding hydrogens is 391 g/mol. The predicted molar refractivity (Wildman–Crippen MR) is 110 cm³/mol. The molecule has 1 fully saturated rings. The van der Waals surface area contributed by atoms with Crippen LogP contribution in [-0.4, -0.2) is 31.7 Å². The van der Waals surface area contributed by atoms with Crippen LogP contribution in [0.4, 0.5) is 4.39 Å². The van der Waals surface area contributed by atoms with Gasteiger partial charge in [0.25, 0.3) is 0 Å². The van der Waals surface area contributed by atoms with Crippen LogP contribution in [0.15, 0.2) is 47.4 Å². The average molecular weight is 419 g/mol. The van der Waals surface area contributed by atoms with Gasteiger partial charge >= 0.3 is 0 Å². The molecule has 1 aliphatic rings. The third kappa shape index (κ3) is 4.85. The lowest BCUT2D eigenvalue weighted by atomic mass is 9.95. The van der Waals surface area contributed by atoms with E-state index in [1.165, 1.54) is 16.4 Å². The Morgan fingerprint density at radius 3 is 2.34 bits per heavy atom. The van der Waals surface area contributed by atoms with Crippen LogP contribution in [0.25, 0.3) is 0 Å². The number of rotatable bonds is 5. The van der Waals surface area contributed by atoms with Crippen molar-refractivity contribution in [3.63, 3.8) is 0 Å². The van der Waals surface area contributed by atoms with Crippen molar-refractivity contribution in [1.82, 2.24) is 9.62 Å². The smallest absolute Gasteiger partial charge is 0.243 e. The molecule has 1 N–H and O–H groups in total. The van der Waals surface area contributed by atoms with Gasteiger partial charge < -0.3 is 5.32 Å². The Hall–Kier alpha value is -2.25. The second-order valence-electron chi connectivity index (χ2n) is 7.72. The molecule has 2 aromatic carbocycles. The molecule has 3 rings (SSSR count). The SMILES string of the molecule is Cc1ccc(C)c([C@H](C)NC(=O)C2CCN(S(=O)(=O)c3ccc(F)cc3)CC2)c1. The number of piperidine rings is 1. The van der Waals surface area contributed by atoms with E-state index in [1.54, 1.807) is 0 Å². The van der Waals surface area contributed by atoms with Gasteiger partial charge in [0, 0.05) is 19.0 Å². The third-order valence-electron chi connectivity index (χ3n) is 5.54. The minimum absolute atomic E-state index is 0.0442. The summed E-state index contributed by atoms with van der Waals surface area (Å²) in [6.07, 6.45) is 0.928. The number of nitrogens with one attached hydrogen (secondary N) is 1. The normalized spacial score (nSPS) is 17.1. The van der Waals surface area contributed by atoms with Gasteiger partial charge in [0.05, 0.1) is 10.9 Å². The molecule has 0 aliphatic carbocycles. The molecule has 0 spiro atoms. The molecule has 0 aromatic heterocycles. The van der Waals surface area contributed by atoms with Gasteiger partial charge in [0.1, 0.15) is 5.82 Å². The lowest BCUT2D eigenvalue weighted by molar-refractivity contribution is -0.126. The zero-order chi connectivity index (χ0) is 21.2. The number of amides is 1. The molecule has 7 heteroatoms. The number of carbonyl (C=O) groups excluding carboxylic acids is 1. The highest BCUT2D eigenvalue weighted by Gasteiger charge is 2.32. The summed E-state index contributed by atoms with van der Waals surface area (Å²) in [4.78, 5) is 12.8. The molecule has 156 valence electrons. The Kier molecular flexibility index (Phi) is 6.39. The number of hydrogen-bond acceptors (Lipinski definition) is 3. The van der Waals surface area contributed by atoms with E-state index in [0.29, 0.717) is 12.8 Å². The quantitative estimate of drug-likeness (QED) is 0.805. The van der Waals surface area contributed by atoms with E-state index in [0.717, 1.165) is 28.8 Å². The second-order valence-corrected chi connectivity index (χ2v) is 9.66. The maximum absolute atomic E-state index is 13.1. The fraction of sp³-hybridized carbons (Fsp3) is 0.409. The minimum atomic E-state index is -3.67. The molecule has 0 saturated carbocycles. The molecule has 1 aliphatic heterocycles. The van der Waals surface area contributed by atoms with E-state index in [1.807, 2.05) is 32.9 Å². The van der Waals surface area contributed by atoms with Crippen LogP contribution in [0, 0.1) is 25.6 Å². The summed E-state index contributed by atoms with van der Waals surface area (Å²) in [6, 6.07) is 10.9. The summed E-state index contributed by atoms with van der Waals surface area (Å²) in [5.41, 5.74) is 3.37. The van der Waals surface area contributed by atoms with Crippen LogP contribution in [0.5, 0.6) is 0 Å². The summed E-state index contributed by atoms with van der Waals surface area (Å²) in [5, 5.41) is 3.08. The van der Waals surface area contributed by atoms with Gasteiger partial charge in [-0.1, -0.05) is 23.8 Å². The monoisotopic (exact) mass is 418 g/mol. The third-order valence-corrected chi connectivity index (χ3v) is 7.45. The minimum Gasteiger partial charge on any atom is -0.349 e. The molecule has 0 radical (unpaired) electrons. The molecule has 0 bridgehead atoms. The first-order valence-corrected chi connectivity index (χ1v) is 11.3. The lowest BCUT2D eigenvalue weighted by Gasteiger charge is -2.31. The summed E-state index contributed by atoms with van der Waals surface area (Å²) < 4.78 is 39.9. The highest BCUT2D eigenvalue weighted by Crippen LogP contribution is 2.25. The van der Waals surface area contributed by atoms with E-state index in [4.69, 9.17) is 0 Å². The molecule has 1 heterocycles. The predicted octanol–water partition coefficient (Wildman–Crippen LogP) is 3.72. The number of benzene rings is 2. The van der Waals surface area contributed by atoms with Crippen LogP contribution in [0.3, 0.4) is 0 Å². The maximum Gasteiger partial charge on any atom is 0.243 e. The molecule has 1 amide bonds. The van der Waals surface area contributed by atoms with Crippen molar-refractivity contribution in [2.75, 3.05) is 13.1 Å². The summed E-state index contributed by atoms with van der Waals surface area (Å²) in [7, 11) is -3.67. The maximum atomic E-state index is 13.1. The second kappa shape index (κ2) is 8.63. The lowest BCUT2D eigenvalue weighted by Crippen LogP contribution is -2.43. The van der Waals surface area contributed by atoms with Crippen molar-refractivity contribution < 1.29 is 17.6 Å². The Labute approximate surface area is 172 Å². The summed E-state index contributed by atoms with van der Waals surface area (Å²) in [6.45, 7) is 6.56. The van der Waals surface area contributed by atoms with Crippen LogP contribution in [0.2, 0.25) is 0 Å². The van der Waals surface area contributed by atoms with Crippen LogP contribution >= 0.6 is 0 Å². The fourth-order valence-corrected chi connectivity index (χ4v) is 5.22. The fourth-order valence-electron chi connectivity index (χ4n) is 3.75. The number of aryl methyl sites for hydroxylation is 2. The van der Waals surface area contributed by atoms with Crippen LogP contribution in [-0.2, 0) is 14.8 Å². The van der Waals surface area contributed by atoms with Gasteiger partial charge in [-0.2, -0.15) is 4.31 Å². The van der Waals surface area contributed by atoms with E-state index in [-0.39, 0.29) is 35.9 Å². The van der Waals surface area contributed by atoms with Gasteiger partial charge in [0.2, 0.25) is 15.9 Å². The first kappa shape index (κ1) is 21.5. The standard InChI is InChI=1S/C22H27FN2O3S/c1-15-4-5-16(2)21(14-15)17(3)24-22(26)18-10-12-25(13-11-18)29(27,28)20-8-6-19(23)7-9-20/h4-9,14,17-18H,10-13H2,1-3H3,(H,24,26)/t17-/m0/s1. The Morgan fingerprint density at radius 1 is 1.10 bits per heavy atom. The largest absolute Gasteiger partial charge is 0.349 e. The molecule has 29 heavy (non-hydrogen) atoms. The van der Waals surface area contributed by atoms with Crippen molar-refractivity contribution in [3.8, 4) is 0 Å². The zero-order valence-electron chi connectivity index (χ0n) is 17.0. The number of carbonyl (C=O) groups is 1. The number of halogens is 1. The highest BCUT2D eigenvalue weighted by molar-refractivity contribution is 7.89. The topological polar surface area (TPSA) is 66.5 Å². The van der Waals surface area contributed by atoms with E-state index >= 15 is 0 Å². The van der Waals surface area contributed by atoms with E-state index in [2.05, 4.69) is 11.4 Å². The van der Waals surface area contributed by atoms with Gasteiger partial charge in [0.15, 0.2) is 0 Å². The van der Waals surface area contributed by atoms with Crippen LogP contribution < -0.4 is 5.32 Å². The van der Waals surface area contributed by atoms with Gasteiger partial charge in [-0.3, -0.25) is 4.79 Å². The zero-order valence-corrected chi connectivity index (χ0v) is 17.8. The first-order chi connectivity index (χ1) is 13.7. The molecular formula is C22H27FN2O3S. The average Bonchev–Trinajstić information content (AvgIpc) is 2.70. The Morgan fingerprint density at radius 2 is 1.72 bits per heavy atom. The highest BCUT2D eigenvalue weighted by atomic mass is 32.2.